The molecule has 0 radical (unpaired) electrons. The highest BCUT2D eigenvalue weighted by Crippen LogP contribution is 2.29. The topological polar surface area (TPSA) is 116 Å². The van der Waals surface area contributed by atoms with Gasteiger partial charge in [0.05, 0.1) is 0 Å². The maximum absolute atomic E-state index is 13.9. The number of carbonyl (C=O) groups is 1. The summed E-state index contributed by atoms with van der Waals surface area (Å²) in [5, 5.41) is 9.02. The molecule has 0 fully saturated rings. The summed E-state index contributed by atoms with van der Waals surface area (Å²) in [6.45, 7) is 16.0. The first-order valence-electron chi connectivity index (χ1n) is 9.00. The van der Waals surface area contributed by atoms with Gasteiger partial charge in [-0.25, -0.2) is 4.79 Å². The molecule has 0 unspecified atom stereocenters. The molecule has 3 N–H and O–H groups in total. The molecule has 0 aliphatic rings. The number of nitrogens with zero attached hydrogens (tertiary/aromatic N) is 2. The summed E-state index contributed by atoms with van der Waals surface area (Å²) in [5.74, 6) is -1.35. The molecule has 164 valence electrons. The fourth-order valence-corrected chi connectivity index (χ4v) is 1.98. The van der Waals surface area contributed by atoms with E-state index in [0.717, 1.165) is 0 Å². The molecule has 0 saturated carbocycles. The highest BCUT2D eigenvalue weighted by molar-refractivity contribution is 5.83. The number of nitrogen functional groups attached to an aromatic ring is 1. The number of carbonyl (C=O) groups excluding carboxylic acids is 1. The Hall–Kier alpha value is -2.65. The molecular weight excluding hydrogens is 386 g/mol. The first kappa shape index (κ1) is 24.4. The zero-order chi connectivity index (χ0) is 22.8. The van der Waals surface area contributed by atoms with Gasteiger partial charge >= 0.3 is 6.09 Å². The van der Waals surface area contributed by atoms with E-state index in [2.05, 4.69) is 15.6 Å². The predicted molar refractivity (Wildman–Crippen MR) is 105 cm³/mol. The number of halogens is 2. The SMILES string of the molecule is CC(C)(C)OC(=O)Nc1noc(C(C)(C)C)c1F.CC(C)(C)c1onc(N)c1F. The Bertz CT molecular complexity index is 840. The van der Waals surface area contributed by atoms with E-state index in [9.17, 15) is 13.6 Å². The fraction of sp³-hybridized carbons (Fsp3) is 0.632. The fourth-order valence-electron chi connectivity index (χ4n) is 1.98. The quantitative estimate of drug-likeness (QED) is 0.660. The molecule has 0 spiro atoms. The van der Waals surface area contributed by atoms with E-state index < -0.39 is 28.7 Å². The predicted octanol–water partition coefficient (Wildman–Crippen LogP) is 5.15. The van der Waals surface area contributed by atoms with Crippen molar-refractivity contribution >= 4 is 17.7 Å². The standard InChI is InChI=1S/C12H19FN2O3.C7H11FN2O/c1-11(2,3)8-7(13)9(15-18-8)14-10(16)17-12(4,5)6;1-7(2,3)5-4(8)6(9)10-11-5/h1-6H3,(H,14,15,16);1-3H3,(H2,9,10). The van der Waals surface area contributed by atoms with Gasteiger partial charge in [0.15, 0.2) is 11.5 Å². The van der Waals surface area contributed by atoms with Crippen LogP contribution in [0.25, 0.3) is 0 Å². The molecule has 0 aliphatic heterocycles. The van der Waals surface area contributed by atoms with Crippen molar-refractivity contribution in [1.29, 1.82) is 0 Å². The Morgan fingerprint density at radius 2 is 1.34 bits per heavy atom. The van der Waals surface area contributed by atoms with Crippen LogP contribution < -0.4 is 11.1 Å². The normalized spacial score (nSPS) is 12.2. The van der Waals surface area contributed by atoms with Gasteiger partial charge in [0.2, 0.25) is 23.3 Å². The Labute approximate surface area is 169 Å². The summed E-state index contributed by atoms with van der Waals surface area (Å²) in [7, 11) is 0. The van der Waals surface area contributed by atoms with Crippen LogP contribution in [0.3, 0.4) is 0 Å². The van der Waals surface area contributed by atoms with Crippen LogP contribution in [-0.2, 0) is 15.6 Å². The summed E-state index contributed by atoms with van der Waals surface area (Å²) < 4.78 is 41.5. The van der Waals surface area contributed by atoms with Gasteiger partial charge in [0, 0.05) is 10.8 Å². The van der Waals surface area contributed by atoms with Crippen LogP contribution in [0.5, 0.6) is 0 Å². The minimum atomic E-state index is -0.768. The summed E-state index contributed by atoms with van der Waals surface area (Å²) >= 11 is 0. The molecule has 29 heavy (non-hydrogen) atoms. The Morgan fingerprint density at radius 1 is 0.897 bits per heavy atom. The van der Waals surface area contributed by atoms with Crippen LogP contribution in [0, 0.1) is 11.6 Å². The lowest BCUT2D eigenvalue weighted by molar-refractivity contribution is 0.0634. The average Bonchev–Trinajstić information content (AvgIpc) is 3.01. The van der Waals surface area contributed by atoms with Crippen LogP contribution in [0.4, 0.5) is 25.2 Å². The van der Waals surface area contributed by atoms with Crippen molar-refractivity contribution in [2.75, 3.05) is 11.1 Å². The van der Waals surface area contributed by atoms with Crippen molar-refractivity contribution in [3.8, 4) is 0 Å². The molecule has 8 nitrogen and oxygen atoms in total. The number of hydrogen-bond acceptors (Lipinski definition) is 7. The molecule has 0 bridgehead atoms. The van der Waals surface area contributed by atoms with Gasteiger partial charge in [-0.2, -0.15) is 8.78 Å². The van der Waals surface area contributed by atoms with Crippen molar-refractivity contribution in [2.24, 2.45) is 0 Å². The second kappa shape index (κ2) is 8.38. The number of amides is 1. The summed E-state index contributed by atoms with van der Waals surface area (Å²) in [6.07, 6.45) is -0.768. The molecule has 0 aliphatic carbocycles. The van der Waals surface area contributed by atoms with E-state index in [1.165, 1.54) is 0 Å². The third-order valence-corrected chi connectivity index (χ3v) is 3.28. The van der Waals surface area contributed by atoms with Gasteiger partial charge in [0.25, 0.3) is 0 Å². The largest absolute Gasteiger partial charge is 0.444 e. The third kappa shape index (κ3) is 7.03. The molecule has 2 rings (SSSR count). The van der Waals surface area contributed by atoms with Crippen LogP contribution in [0.15, 0.2) is 9.05 Å². The third-order valence-electron chi connectivity index (χ3n) is 3.28. The molecule has 2 aromatic rings. The second-order valence-corrected chi connectivity index (χ2v) is 9.51. The number of anilines is 2. The van der Waals surface area contributed by atoms with Crippen LogP contribution in [-0.4, -0.2) is 22.0 Å². The molecule has 2 aromatic heterocycles. The first-order chi connectivity index (χ1) is 12.9. The number of nitrogens with two attached hydrogens (primary N) is 1. The van der Waals surface area contributed by atoms with Gasteiger partial charge in [-0.3, -0.25) is 5.32 Å². The maximum atomic E-state index is 13.9. The summed E-state index contributed by atoms with van der Waals surface area (Å²) in [5.41, 5.74) is 3.60. The van der Waals surface area contributed by atoms with E-state index in [1.54, 1.807) is 41.5 Å². The molecule has 1 amide bonds. The molecule has 2 heterocycles. The van der Waals surface area contributed by atoms with Gasteiger partial charge < -0.3 is 19.5 Å². The minimum absolute atomic E-state index is 0.0913. The van der Waals surface area contributed by atoms with Crippen molar-refractivity contribution in [3.63, 3.8) is 0 Å². The van der Waals surface area contributed by atoms with Gasteiger partial charge in [0.1, 0.15) is 5.60 Å². The van der Waals surface area contributed by atoms with E-state index in [4.69, 9.17) is 19.5 Å². The van der Waals surface area contributed by atoms with E-state index in [-0.39, 0.29) is 28.6 Å². The summed E-state index contributed by atoms with van der Waals surface area (Å²) in [4.78, 5) is 11.5. The summed E-state index contributed by atoms with van der Waals surface area (Å²) in [6, 6.07) is 0. The number of rotatable bonds is 1. The number of nitrogens with one attached hydrogen (secondary N) is 1. The van der Waals surface area contributed by atoms with Crippen LogP contribution in [0.2, 0.25) is 0 Å². The molecule has 0 atom stereocenters. The Balaban J connectivity index is 0.000000326. The number of ether oxygens (including phenoxy) is 1. The molecule has 10 heteroatoms. The van der Waals surface area contributed by atoms with E-state index in [1.807, 2.05) is 20.8 Å². The molecule has 0 aromatic carbocycles. The molecular formula is C19H30F2N4O4. The highest BCUT2D eigenvalue weighted by atomic mass is 19.1. The molecule has 0 saturated heterocycles. The highest BCUT2D eigenvalue weighted by Gasteiger charge is 2.29. The van der Waals surface area contributed by atoms with E-state index >= 15 is 0 Å². The lowest BCUT2D eigenvalue weighted by Crippen LogP contribution is -2.27. The smallest absolute Gasteiger partial charge is 0.413 e. The number of hydrogen-bond donors (Lipinski definition) is 2. The van der Waals surface area contributed by atoms with Crippen molar-refractivity contribution in [3.05, 3.63) is 23.2 Å². The Kier molecular flexibility index (Phi) is 7.05. The first-order valence-corrected chi connectivity index (χ1v) is 9.00. The zero-order valence-electron chi connectivity index (χ0n) is 18.4. The zero-order valence-corrected chi connectivity index (χ0v) is 18.4. The van der Waals surface area contributed by atoms with Crippen LogP contribution >= 0.6 is 0 Å². The van der Waals surface area contributed by atoms with Gasteiger partial charge in [-0.05, 0) is 20.8 Å². The second-order valence-electron chi connectivity index (χ2n) is 9.51. The van der Waals surface area contributed by atoms with Crippen LogP contribution in [0.1, 0.15) is 73.8 Å². The van der Waals surface area contributed by atoms with Crippen molar-refractivity contribution in [2.45, 2.75) is 78.7 Å². The number of aromatic nitrogens is 2. The lowest BCUT2D eigenvalue weighted by Gasteiger charge is -2.19. The Morgan fingerprint density at radius 3 is 1.66 bits per heavy atom. The van der Waals surface area contributed by atoms with Gasteiger partial charge in [-0.1, -0.05) is 51.9 Å². The van der Waals surface area contributed by atoms with Gasteiger partial charge in [-0.15, -0.1) is 0 Å². The van der Waals surface area contributed by atoms with Crippen molar-refractivity contribution < 1.29 is 27.4 Å². The maximum Gasteiger partial charge on any atom is 0.413 e. The van der Waals surface area contributed by atoms with E-state index in [0.29, 0.717) is 0 Å². The lowest BCUT2D eigenvalue weighted by atomic mass is 9.93. The average molecular weight is 416 g/mol. The minimum Gasteiger partial charge on any atom is -0.444 e. The van der Waals surface area contributed by atoms with Crippen molar-refractivity contribution in [1.82, 2.24) is 10.3 Å². The monoisotopic (exact) mass is 416 g/mol.